The van der Waals surface area contributed by atoms with Gasteiger partial charge >= 0.3 is 11.9 Å². The van der Waals surface area contributed by atoms with Gasteiger partial charge in [0.25, 0.3) is 0 Å². The van der Waals surface area contributed by atoms with Crippen LogP contribution in [0.25, 0.3) is 0 Å². The number of nitrogens with one attached hydrogen (secondary N) is 1. The Morgan fingerprint density at radius 2 is 1.92 bits per heavy atom. The number of anilines is 1. The fourth-order valence-corrected chi connectivity index (χ4v) is 2.52. The Balaban J connectivity index is 2.32. The van der Waals surface area contributed by atoms with Gasteiger partial charge in [-0.2, -0.15) is 18.3 Å². The van der Waals surface area contributed by atoms with Crippen molar-refractivity contribution in [3.05, 3.63) is 49.7 Å². The number of amides is 1. The number of aromatic nitrogens is 2. The second kappa shape index (κ2) is 6.89. The molecule has 0 fully saturated rings. The number of hydrogen-bond acceptors (Lipinski definition) is 4. The Hall–Kier alpha value is -2.33. The number of rotatable bonds is 4. The number of alkyl halides is 3. The molecule has 0 atom stereocenters. The number of benzene rings is 1. The third-order valence-electron chi connectivity index (χ3n) is 3.15. The Morgan fingerprint density at radius 1 is 1.36 bits per heavy atom. The molecule has 0 aliphatic rings. The summed E-state index contributed by atoms with van der Waals surface area (Å²) < 4.78 is 39.2. The van der Waals surface area contributed by atoms with Crippen molar-refractivity contribution in [1.29, 1.82) is 0 Å². The smallest absolute Gasteiger partial charge is 0.322 e. The number of hydrogen-bond donors (Lipinski definition) is 1. The van der Waals surface area contributed by atoms with Gasteiger partial charge in [0.15, 0.2) is 0 Å². The van der Waals surface area contributed by atoms with Crippen molar-refractivity contribution in [3.63, 3.8) is 0 Å². The van der Waals surface area contributed by atoms with Gasteiger partial charge in [0, 0.05) is 0 Å². The molecular weight excluding hydrogens is 388 g/mol. The first kappa shape index (κ1) is 19.0. The number of halogens is 5. The van der Waals surface area contributed by atoms with E-state index in [-0.39, 0.29) is 15.7 Å². The molecule has 0 saturated carbocycles. The van der Waals surface area contributed by atoms with Gasteiger partial charge in [-0.3, -0.25) is 19.6 Å². The van der Waals surface area contributed by atoms with Crippen molar-refractivity contribution in [3.8, 4) is 0 Å². The van der Waals surface area contributed by atoms with Crippen LogP contribution in [0.4, 0.5) is 24.5 Å². The summed E-state index contributed by atoms with van der Waals surface area (Å²) in [6, 6.07) is 4.44. The molecule has 2 rings (SSSR count). The van der Waals surface area contributed by atoms with Crippen molar-refractivity contribution in [2.45, 2.75) is 19.6 Å². The molecule has 25 heavy (non-hydrogen) atoms. The Morgan fingerprint density at radius 3 is 2.36 bits per heavy atom. The molecule has 0 bridgehead atoms. The quantitative estimate of drug-likeness (QED) is 0.622. The average molecular weight is 397 g/mol. The van der Waals surface area contributed by atoms with Gasteiger partial charge in [0.2, 0.25) is 11.6 Å². The number of carbonyl (C=O) groups excluding carboxylic acids is 1. The molecule has 0 spiro atoms. The van der Waals surface area contributed by atoms with Crippen molar-refractivity contribution >= 4 is 40.5 Å². The molecule has 1 aromatic heterocycles. The SMILES string of the molecule is Cc1c([N+](=O)[O-])c(C(F)(F)F)nn1CC(=O)Nc1c(Cl)cccc1Cl. The lowest BCUT2D eigenvalue weighted by Crippen LogP contribution is -2.21. The molecule has 0 radical (unpaired) electrons. The molecule has 1 N–H and O–H groups in total. The van der Waals surface area contributed by atoms with Crippen LogP contribution < -0.4 is 5.32 Å². The minimum Gasteiger partial charge on any atom is -0.322 e. The minimum absolute atomic E-state index is 0.0752. The van der Waals surface area contributed by atoms with Crippen LogP contribution in [0.3, 0.4) is 0 Å². The fourth-order valence-electron chi connectivity index (χ4n) is 2.03. The summed E-state index contributed by atoms with van der Waals surface area (Å²) in [6.45, 7) is 0.375. The zero-order valence-electron chi connectivity index (χ0n) is 12.4. The van der Waals surface area contributed by atoms with E-state index in [0.717, 1.165) is 6.92 Å². The van der Waals surface area contributed by atoms with Crippen LogP contribution >= 0.6 is 23.2 Å². The third kappa shape index (κ3) is 4.02. The molecule has 134 valence electrons. The van der Waals surface area contributed by atoms with Gasteiger partial charge < -0.3 is 5.32 Å². The third-order valence-corrected chi connectivity index (χ3v) is 3.78. The van der Waals surface area contributed by atoms with Crippen molar-refractivity contribution in [1.82, 2.24) is 9.78 Å². The molecule has 0 saturated heterocycles. The molecule has 1 heterocycles. The Bertz CT molecular complexity index is 832. The van der Waals surface area contributed by atoms with Gasteiger partial charge in [-0.1, -0.05) is 29.3 Å². The average Bonchev–Trinajstić information content (AvgIpc) is 2.80. The van der Waals surface area contributed by atoms with Gasteiger partial charge in [-0.05, 0) is 19.1 Å². The van der Waals surface area contributed by atoms with Crippen LogP contribution in [0.15, 0.2) is 18.2 Å². The standard InChI is InChI=1S/C13H9Cl2F3N4O3/c1-6-11(22(24)25)12(13(16,17)18)20-21(6)5-9(23)19-10-7(14)3-2-4-8(10)15/h2-4H,5H2,1H3,(H,19,23). The topological polar surface area (TPSA) is 90.1 Å². The molecule has 2 aromatic rings. The highest BCUT2D eigenvalue weighted by Crippen LogP contribution is 2.37. The van der Waals surface area contributed by atoms with E-state index >= 15 is 0 Å². The first-order valence-electron chi connectivity index (χ1n) is 6.55. The molecule has 0 unspecified atom stereocenters. The Kier molecular flexibility index (Phi) is 5.23. The highest BCUT2D eigenvalue weighted by atomic mass is 35.5. The van der Waals surface area contributed by atoms with Crippen molar-refractivity contribution in [2.24, 2.45) is 0 Å². The Labute approximate surface area is 148 Å². The predicted molar refractivity (Wildman–Crippen MR) is 83.7 cm³/mol. The van der Waals surface area contributed by atoms with Gasteiger partial charge in [0.1, 0.15) is 12.2 Å². The van der Waals surface area contributed by atoms with Crippen molar-refractivity contribution in [2.75, 3.05) is 5.32 Å². The van der Waals surface area contributed by atoms with Crippen LogP contribution in [0.5, 0.6) is 0 Å². The second-order valence-electron chi connectivity index (χ2n) is 4.84. The monoisotopic (exact) mass is 396 g/mol. The highest BCUT2D eigenvalue weighted by Gasteiger charge is 2.44. The lowest BCUT2D eigenvalue weighted by molar-refractivity contribution is -0.388. The van der Waals surface area contributed by atoms with E-state index in [2.05, 4.69) is 10.4 Å². The lowest BCUT2D eigenvalue weighted by atomic mass is 10.3. The summed E-state index contributed by atoms with van der Waals surface area (Å²) in [5.41, 5.74) is -3.20. The maximum absolute atomic E-state index is 12.9. The summed E-state index contributed by atoms with van der Waals surface area (Å²) in [5.74, 6) is -0.802. The maximum Gasteiger partial charge on any atom is 0.442 e. The molecule has 1 aromatic carbocycles. The van der Waals surface area contributed by atoms with Gasteiger partial charge in [-0.15, -0.1) is 0 Å². The molecule has 7 nitrogen and oxygen atoms in total. The summed E-state index contributed by atoms with van der Waals surface area (Å²) in [4.78, 5) is 21.7. The number of nitro groups is 1. The van der Waals surface area contributed by atoms with Crippen LogP contribution in [-0.2, 0) is 17.5 Å². The van der Waals surface area contributed by atoms with Gasteiger partial charge in [0.05, 0.1) is 20.7 Å². The number of nitrogens with zero attached hydrogens (tertiary/aromatic N) is 3. The first-order chi connectivity index (χ1) is 11.5. The van der Waals surface area contributed by atoms with Crippen molar-refractivity contribution < 1.29 is 22.9 Å². The van der Waals surface area contributed by atoms with Gasteiger partial charge in [-0.25, -0.2) is 0 Å². The zero-order chi connectivity index (χ0) is 18.9. The molecule has 12 heteroatoms. The van der Waals surface area contributed by atoms with E-state index in [9.17, 15) is 28.1 Å². The number of para-hydroxylation sites is 1. The van der Waals surface area contributed by atoms with Crippen LogP contribution in [-0.4, -0.2) is 20.6 Å². The van der Waals surface area contributed by atoms with E-state index in [0.29, 0.717) is 4.68 Å². The zero-order valence-corrected chi connectivity index (χ0v) is 13.9. The predicted octanol–water partition coefficient (Wildman–Crippen LogP) is 4.06. The molecule has 0 aliphatic heterocycles. The normalized spacial score (nSPS) is 11.4. The largest absolute Gasteiger partial charge is 0.442 e. The molecule has 0 aliphatic carbocycles. The van der Waals surface area contributed by atoms with Crippen LogP contribution in [0.1, 0.15) is 11.4 Å². The summed E-state index contributed by atoms with van der Waals surface area (Å²) in [6.07, 6.45) is -5.03. The van der Waals surface area contributed by atoms with E-state index < -0.39 is 40.6 Å². The first-order valence-corrected chi connectivity index (χ1v) is 7.30. The van der Waals surface area contributed by atoms with Crippen LogP contribution in [0, 0.1) is 17.0 Å². The van der Waals surface area contributed by atoms with E-state index in [1.54, 1.807) is 0 Å². The highest BCUT2D eigenvalue weighted by molar-refractivity contribution is 6.39. The van der Waals surface area contributed by atoms with E-state index in [4.69, 9.17) is 23.2 Å². The molecular formula is C13H9Cl2F3N4O3. The van der Waals surface area contributed by atoms with Crippen LogP contribution in [0.2, 0.25) is 10.0 Å². The number of carbonyl (C=O) groups is 1. The van der Waals surface area contributed by atoms with E-state index in [1.165, 1.54) is 18.2 Å². The second-order valence-corrected chi connectivity index (χ2v) is 5.65. The molecule has 1 amide bonds. The maximum atomic E-state index is 12.9. The summed E-state index contributed by atoms with van der Waals surface area (Å²) >= 11 is 11.8. The minimum atomic E-state index is -5.03. The summed E-state index contributed by atoms with van der Waals surface area (Å²) in [7, 11) is 0. The summed E-state index contributed by atoms with van der Waals surface area (Å²) in [5, 5.41) is 16.6. The van der Waals surface area contributed by atoms with E-state index in [1.807, 2.05) is 0 Å². The lowest BCUT2D eigenvalue weighted by Gasteiger charge is -2.09. The fraction of sp³-hybridized carbons (Fsp3) is 0.231.